The minimum Gasteiger partial charge on any atom is -0.494 e. The molecule has 1 aromatic heterocycles. The highest BCUT2D eigenvalue weighted by molar-refractivity contribution is 9.11. The Balaban J connectivity index is 2.23. The van der Waals surface area contributed by atoms with E-state index in [1.165, 1.54) is 11.3 Å². The summed E-state index contributed by atoms with van der Waals surface area (Å²) in [5, 5.41) is 4.66. The average molecular weight is 370 g/mol. The zero-order valence-electron chi connectivity index (χ0n) is 11.8. The van der Waals surface area contributed by atoms with Crippen LogP contribution in [0.5, 0.6) is 11.5 Å². The third-order valence-electron chi connectivity index (χ3n) is 2.64. The Kier molecular flexibility index (Phi) is 5.64. The number of carbonyl (C=O) groups is 1. The Morgan fingerprint density at radius 3 is 2.62 bits per heavy atom. The second-order valence-corrected chi connectivity index (χ2v) is 6.41. The Labute approximate surface area is 136 Å². The number of halogens is 1. The molecule has 0 aliphatic heterocycles. The fraction of sp³-hybridized carbons (Fsp3) is 0.267. The predicted octanol–water partition coefficient (Wildman–Crippen LogP) is 4.56. The van der Waals surface area contributed by atoms with Crippen LogP contribution in [0.4, 0.5) is 5.69 Å². The first-order chi connectivity index (χ1) is 10.1. The lowest BCUT2D eigenvalue weighted by atomic mass is 10.2. The molecule has 112 valence electrons. The third-order valence-corrected chi connectivity index (χ3v) is 4.14. The van der Waals surface area contributed by atoms with E-state index < -0.39 is 0 Å². The maximum atomic E-state index is 12.2. The number of hydrogen-bond donors (Lipinski definition) is 1. The van der Waals surface area contributed by atoms with Crippen LogP contribution in [0.3, 0.4) is 0 Å². The molecule has 0 bridgehead atoms. The highest BCUT2D eigenvalue weighted by atomic mass is 79.9. The Bertz CT molecular complexity index is 627. The van der Waals surface area contributed by atoms with Gasteiger partial charge in [0.1, 0.15) is 11.5 Å². The highest BCUT2D eigenvalue weighted by Crippen LogP contribution is 2.30. The lowest BCUT2D eigenvalue weighted by molar-refractivity contribution is 0.102. The number of ether oxygens (including phenoxy) is 2. The van der Waals surface area contributed by atoms with E-state index in [2.05, 4.69) is 21.2 Å². The van der Waals surface area contributed by atoms with Gasteiger partial charge in [0.2, 0.25) is 0 Å². The fourth-order valence-electron chi connectivity index (χ4n) is 1.77. The van der Waals surface area contributed by atoms with Gasteiger partial charge in [0.25, 0.3) is 5.91 Å². The summed E-state index contributed by atoms with van der Waals surface area (Å²) >= 11 is 4.82. The van der Waals surface area contributed by atoms with Crippen molar-refractivity contribution in [2.45, 2.75) is 13.8 Å². The van der Waals surface area contributed by atoms with E-state index in [1.54, 1.807) is 23.6 Å². The lowest BCUT2D eigenvalue weighted by Gasteiger charge is -2.13. The molecule has 21 heavy (non-hydrogen) atoms. The Morgan fingerprint density at radius 1 is 1.24 bits per heavy atom. The van der Waals surface area contributed by atoms with E-state index in [0.29, 0.717) is 36.0 Å². The van der Waals surface area contributed by atoms with Crippen molar-refractivity contribution >= 4 is 38.9 Å². The number of thiophene rings is 1. The molecule has 1 aromatic carbocycles. The van der Waals surface area contributed by atoms with E-state index >= 15 is 0 Å². The van der Waals surface area contributed by atoms with Crippen molar-refractivity contribution < 1.29 is 14.3 Å². The zero-order valence-corrected chi connectivity index (χ0v) is 14.2. The SMILES string of the molecule is CCOc1ccc(OCC)c(NC(=O)c2csc(Br)c2)c1. The van der Waals surface area contributed by atoms with Gasteiger partial charge in [-0.15, -0.1) is 11.3 Å². The van der Waals surface area contributed by atoms with Crippen molar-refractivity contribution in [1.29, 1.82) is 0 Å². The van der Waals surface area contributed by atoms with Crippen molar-refractivity contribution in [2.75, 3.05) is 18.5 Å². The van der Waals surface area contributed by atoms with Gasteiger partial charge in [0.15, 0.2) is 0 Å². The maximum Gasteiger partial charge on any atom is 0.256 e. The minimum atomic E-state index is -0.174. The summed E-state index contributed by atoms with van der Waals surface area (Å²) in [5.41, 5.74) is 1.21. The van der Waals surface area contributed by atoms with Crippen LogP contribution in [0, 0.1) is 0 Å². The second-order valence-electron chi connectivity index (χ2n) is 4.12. The molecule has 0 aliphatic carbocycles. The molecule has 1 amide bonds. The molecule has 0 spiro atoms. The van der Waals surface area contributed by atoms with Crippen molar-refractivity contribution in [2.24, 2.45) is 0 Å². The molecular weight excluding hydrogens is 354 g/mol. The number of anilines is 1. The van der Waals surface area contributed by atoms with Crippen molar-refractivity contribution in [3.63, 3.8) is 0 Å². The summed E-state index contributed by atoms with van der Waals surface area (Å²) in [4.78, 5) is 12.2. The Hall–Kier alpha value is -1.53. The Morgan fingerprint density at radius 2 is 2.00 bits per heavy atom. The van der Waals surface area contributed by atoms with Gasteiger partial charge >= 0.3 is 0 Å². The van der Waals surface area contributed by atoms with E-state index in [0.717, 1.165) is 3.79 Å². The summed E-state index contributed by atoms with van der Waals surface area (Å²) in [6, 6.07) is 7.18. The largest absolute Gasteiger partial charge is 0.494 e. The molecule has 4 nitrogen and oxygen atoms in total. The van der Waals surface area contributed by atoms with Gasteiger partial charge in [0.05, 0.1) is 28.3 Å². The molecule has 2 rings (SSSR count). The van der Waals surface area contributed by atoms with Gasteiger partial charge in [-0.05, 0) is 48.0 Å². The molecule has 1 heterocycles. The minimum absolute atomic E-state index is 0.174. The van der Waals surface area contributed by atoms with Crippen LogP contribution >= 0.6 is 27.3 Å². The van der Waals surface area contributed by atoms with Crippen LogP contribution in [0.2, 0.25) is 0 Å². The van der Waals surface area contributed by atoms with E-state index in [1.807, 2.05) is 19.9 Å². The smallest absolute Gasteiger partial charge is 0.256 e. The quantitative estimate of drug-likeness (QED) is 0.811. The van der Waals surface area contributed by atoms with Gasteiger partial charge in [-0.1, -0.05) is 0 Å². The van der Waals surface area contributed by atoms with Crippen molar-refractivity contribution in [3.8, 4) is 11.5 Å². The van der Waals surface area contributed by atoms with E-state index in [9.17, 15) is 4.79 Å². The molecule has 2 aromatic rings. The number of hydrogen-bond acceptors (Lipinski definition) is 4. The molecule has 0 saturated carbocycles. The van der Waals surface area contributed by atoms with Gasteiger partial charge in [-0.2, -0.15) is 0 Å². The average Bonchev–Trinajstić information content (AvgIpc) is 2.89. The summed E-state index contributed by atoms with van der Waals surface area (Å²) in [5.74, 6) is 1.15. The molecule has 0 unspecified atom stereocenters. The first-order valence-electron chi connectivity index (χ1n) is 6.59. The van der Waals surface area contributed by atoms with Gasteiger partial charge in [-0.3, -0.25) is 4.79 Å². The highest BCUT2D eigenvalue weighted by Gasteiger charge is 2.12. The molecule has 0 aliphatic rings. The van der Waals surface area contributed by atoms with Crippen LogP contribution in [-0.2, 0) is 0 Å². The third kappa shape index (κ3) is 4.22. The van der Waals surface area contributed by atoms with Gasteiger partial charge < -0.3 is 14.8 Å². The first-order valence-corrected chi connectivity index (χ1v) is 8.26. The zero-order chi connectivity index (χ0) is 15.2. The van der Waals surface area contributed by atoms with Crippen molar-refractivity contribution in [1.82, 2.24) is 0 Å². The standard InChI is InChI=1S/C15H16BrNO3S/c1-3-19-11-5-6-13(20-4-2)12(8-11)17-15(18)10-7-14(16)21-9-10/h5-9H,3-4H2,1-2H3,(H,17,18). The number of amides is 1. The number of benzene rings is 1. The molecule has 0 atom stereocenters. The monoisotopic (exact) mass is 369 g/mol. The summed E-state index contributed by atoms with van der Waals surface area (Å²) in [7, 11) is 0. The van der Waals surface area contributed by atoms with E-state index in [4.69, 9.17) is 9.47 Å². The molecule has 6 heteroatoms. The normalized spacial score (nSPS) is 10.2. The maximum absolute atomic E-state index is 12.2. The lowest BCUT2D eigenvalue weighted by Crippen LogP contribution is -2.12. The van der Waals surface area contributed by atoms with Crippen molar-refractivity contribution in [3.05, 3.63) is 39.0 Å². The van der Waals surface area contributed by atoms with Gasteiger partial charge in [-0.25, -0.2) is 0 Å². The topological polar surface area (TPSA) is 47.6 Å². The molecular formula is C15H16BrNO3S. The predicted molar refractivity (Wildman–Crippen MR) is 88.8 cm³/mol. The van der Waals surface area contributed by atoms with Crippen LogP contribution in [0.1, 0.15) is 24.2 Å². The molecule has 0 radical (unpaired) electrons. The summed E-state index contributed by atoms with van der Waals surface area (Å²) < 4.78 is 11.9. The van der Waals surface area contributed by atoms with Crippen LogP contribution in [0.25, 0.3) is 0 Å². The first kappa shape index (κ1) is 15.9. The molecule has 1 N–H and O–H groups in total. The molecule has 0 saturated heterocycles. The van der Waals surface area contributed by atoms with Crippen LogP contribution in [0.15, 0.2) is 33.4 Å². The fourth-order valence-corrected chi connectivity index (χ4v) is 2.90. The number of rotatable bonds is 6. The second kappa shape index (κ2) is 7.47. The molecule has 0 fully saturated rings. The van der Waals surface area contributed by atoms with Gasteiger partial charge in [0, 0.05) is 11.4 Å². The van der Waals surface area contributed by atoms with Crippen LogP contribution in [-0.4, -0.2) is 19.1 Å². The number of nitrogens with one attached hydrogen (secondary N) is 1. The van der Waals surface area contributed by atoms with E-state index in [-0.39, 0.29) is 5.91 Å². The van der Waals surface area contributed by atoms with Crippen LogP contribution < -0.4 is 14.8 Å². The summed E-state index contributed by atoms with van der Waals surface area (Å²) in [6.07, 6.45) is 0. The number of carbonyl (C=O) groups excluding carboxylic acids is 1. The summed E-state index contributed by atoms with van der Waals surface area (Å²) in [6.45, 7) is 4.91.